The normalized spacial score (nSPS) is 22.6. The van der Waals surface area contributed by atoms with Gasteiger partial charge in [0.15, 0.2) is 0 Å². The minimum Gasteiger partial charge on any atom is -0.396 e. The molecule has 2 atom stereocenters. The molecule has 1 aliphatic rings. The van der Waals surface area contributed by atoms with Crippen molar-refractivity contribution in [1.29, 1.82) is 0 Å². The summed E-state index contributed by atoms with van der Waals surface area (Å²) < 4.78 is 0. The fraction of sp³-hybridized carbons (Fsp3) is 0.714. The number of aliphatic hydroxyl groups is 1. The zero-order chi connectivity index (χ0) is 13.7. The molecule has 1 aliphatic carbocycles. The average molecular weight is 264 g/mol. The molecule has 106 valence electrons. The molecule has 1 heterocycles. The van der Waals surface area contributed by atoms with Gasteiger partial charge in [-0.1, -0.05) is 13.3 Å². The first-order chi connectivity index (χ1) is 9.22. The fourth-order valence-electron chi connectivity index (χ4n) is 2.80. The Bertz CT molecular complexity index is 410. The predicted molar refractivity (Wildman–Crippen MR) is 76.8 cm³/mol. The van der Waals surface area contributed by atoms with E-state index >= 15 is 0 Å². The first-order valence-corrected chi connectivity index (χ1v) is 7.21. The van der Waals surface area contributed by atoms with E-state index in [1.807, 2.05) is 0 Å². The fourth-order valence-corrected chi connectivity index (χ4v) is 2.80. The van der Waals surface area contributed by atoms with E-state index in [2.05, 4.69) is 22.2 Å². The Morgan fingerprint density at radius 2 is 2.16 bits per heavy atom. The Morgan fingerprint density at radius 3 is 2.89 bits per heavy atom. The molecule has 2 rings (SSSR count). The molecular formula is C14H24N4O. The summed E-state index contributed by atoms with van der Waals surface area (Å²) in [6, 6.07) is 1.78. The molecule has 5 nitrogen and oxygen atoms in total. The van der Waals surface area contributed by atoms with Gasteiger partial charge in [0.05, 0.1) is 0 Å². The van der Waals surface area contributed by atoms with Crippen molar-refractivity contribution < 1.29 is 5.11 Å². The number of aryl methyl sites for hydroxylation is 1. The maximum absolute atomic E-state index is 9.32. The van der Waals surface area contributed by atoms with Crippen LogP contribution in [0.25, 0.3) is 0 Å². The van der Waals surface area contributed by atoms with Crippen LogP contribution in [0.1, 0.15) is 38.4 Å². The van der Waals surface area contributed by atoms with Gasteiger partial charge in [-0.05, 0) is 31.1 Å². The molecule has 0 amide bonds. The van der Waals surface area contributed by atoms with Gasteiger partial charge in [-0.15, -0.1) is 0 Å². The molecule has 1 aromatic rings. The highest BCUT2D eigenvalue weighted by atomic mass is 16.3. The Kier molecular flexibility index (Phi) is 4.96. The molecule has 0 spiro atoms. The number of aromatic nitrogens is 2. The van der Waals surface area contributed by atoms with Crippen LogP contribution in [-0.2, 0) is 6.42 Å². The van der Waals surface area contributed by atoms with Gasteiger partial charge in [-0.3, -0.25) is 0 Å². The van der Waals surface area contributed by atoms with Crippen LogP contribution >= 0.6 is 0 Å². The quantitative estimate of drug-likeness (QED) is 0.730. The highest BCUT2D eigenvalue weighted by Crippen LogP contribution is 2.31. The number of nitrogens with zero attached hydrogens (tertiary/aromatic N) is 2. The summed E-state index contributed by atoms with van der Waals surface area (Å²) in [6.07, 6.45) is 5.39. The second-order valence-electron chi connectivity index (χ2n) is 5.36. The summed E-state index contributed by atoms with van der Waals surface area (Å²) in [6.45, 7) is 3.25. The maximum Gasteiger partial charge on any atom is 0.133 e. The van der Waals surface area contributed by atoms with Gasteiger partial charge >= 0.3 is 0 Å². The van der Waals surface area contributed by atoms with E-state index in [4.69, 9.17) is 5.73 Å². The van der Waals surface area contributed by atoms with Gasteiger partial charge in [-0.25, -0.2) is 9.97 Å². The number of hydrogen-bond donors (Lipinski definition) is 3. The van der Waals surface area contributed by atoms with Crippen molar-refractivity contribution in [2.75, 3.05) is 24.2 Å². The van der Waals surface area contributed by atoms with Gasteiger partial charge < -0.3 is 16.2 Å². The third kappa shape index (κ3) is 3.80. The van der Waals surface area contributed by atoms with E-state index in [0.717, 1.165) is 37.4 Å². The number of hydrogen-bond acceptors (Lipinski definition) is 5. The van der Waals surface area contributed by atoms with E-state index in [-0.39, 0.29) is 0 Å². The van der Waals surface area contributed by atoms with Crippen molar-refractivity contribution in [1.82, 2.24) is 9.97 Å². The largest absolute Gasteiger partial charge is 0.396 e. The number of anilines is 2. The molecule has 0 aromatic carbocycles. The molecule has 1 fully saturated rings. The van der Waals surface area contributed by atoms with Crippen LogP contribution in [0.4, 0.5) is 11.6 Å². The number of nitrogen functional groups attached to an aromatic ring is 1. The van der Waals surface area contributed by atoms with E-state index < -0.39 is 0 Å². The standard InChI is InChI=1S/C14H24N4O/c1-2-4-13-17-12(15)7-14(18-13)16-8-10-5-3-6-11(10)9-19/h7,10-11,19H,2-6,8-9H2,1H3,(H3,15,16,17,18). The molecule has 1 aromatic heterocycles. The van der Waals surface area contributed by atoms with Gasteiger partial charge in [0, 0.05) is 25.6 Å². The second-order valence-corrected chi connectivity index (χ2v) is 5.36. The van der Waals surface area contributed by atoms with Crippen molar-refractivity contribution in [2.24, 2.45) is 11.8 Å². The minimum absolute atomic E-state index is 0.291. The zero-order valence-corrected chi connectivity index (χ0v) is 11.6. The van der Waals surface area contributed by atoms with Crippen LogP contribution in [0, 0.1) is 11.8 Å². The highest BCUT2D eigenvalue weighted by Gasteiger charge is 2.26. The van der Waals surface area contributed by atoms with E-state index in [1.165, 1.54) is 12.8 Å². The lowest BCUT2D eigenvalue weighted by Gasteiger charge is -2.18. The van der Waals surface area contributed by atoms with E-state index in [1.54, 1.807) is 6.07 Å². The number of nitrogens with two attached hydrogens (primary N) is 1. The maximum atomic E-state index is 9.32. The molecule has 2 unspecified atom stereocenters. The van der Waals surface area contributed by atoms with Crippen LogP contribution in [-0.4, -0.2) is 28.2 Å². The van der Waals surface area contributed by atoms with Crippen molar-refractivity contribution in [3.05, 3.63) is 11.9 Å². The lowest BCUT2D eigenvalue weighted by atomic mass is 9.97. The summed E-state index contributed by atoms with van der Waals surface area (Å²) in [4.78, 5) is 8.69. The van der Waals surface area contributed by atoms with Crippen LogP contribution < -0.4 is 11.1 Å². The van der Waals surface area contributed by atoms with Gasteiger partial charge in [0.25, 0.3) is 0 Å². The molecule has 5 heteroatoms. The topological polar surface area (TPSA) is 84.1 Å². The first-order valence-electron chi connectivity index (χ1n) is 7.21. The van der Waals surface area contributed by atoms with Crippen LogP contribution in [0.15, 0.2) is 6.07 Å². The monoisotopic (exact) mass is 264 g/mol. The molecule has 0 radical (unpaired) electrons. The highest BCUT2D eigenvalue weighted by molar-refractivity contribution is 5.44. The van der Waals surface area contributed by atoms with Gasteiger partial charge in [0.1, 0.15) is 17.5 Å². The van der Waals surface area contributed by atoms with Crippen LogP contribution in [0.3, 0.4) is 0 Å². The predicted octanol–water partition coefficient (Wildman–Crippen LogP) is 1.83. The Labute approximate surface area is 114 Å². The van der Waals surface area contributed by atoms with Crippen molar-refractivity contribution in [3.63, 3.8) is 0 Å². The summed E-state index contributed by atoms with van der Waals surface area (Å²) in [5.41, 5.74) is 5.80. The van der Waals surface area contributed by atoms with Crippen molar-refractivity contribution in [3.8, 4) is 0 Å². The second kappa shape index (κ2) is 6.70. The molecule has 0 aliphatic heterocycles. The Morgan fingerprint density at radius 1 is 1.37 bits per heavy atom. The van der Waals surface area contributed by atoms with Crippen molar-refractivity contribution >= 4 is 11.6 Å². The zero-order valence-electron chi connectivity index (χ0n) is 11.6. The molecular weight excluding hydrogens is 240 g/mol. The van der Waals surface area contributed by atoms with Crippen LogP contribution in [0.2, 0.25) is 0 Å². The minimum atomic E-state index is 0.291. The Hall–Kier alpha value is -1.36. The van der Waals surface area contributed by atoms with E-state index in [9.17, 15) is 5.11 Å². The number of aliphatic hydroxyl groups excluding tert-OH is 1. The molecule has 1 saturated carbocycles. The van der Waals surface area contributed by atoms with E-state index in [0.29, 0.717) is 24.3 Å². The van der Waals surface area contributed by atoms with Gasteiger partial charge in [-0.2, -0.15) is 0 Å². The SMILES string of the molecule is CCCc1nc(N)cc(NCC2CCCC2CO)n1. The Balaban J connectivity index is 1.95. The average Bonchev–Trinajstić information content (AvgIpc) is 2.83. The summed E-state index contributed by atoms with van der Waals surface area (Å²) in [5.74, 6) is 3.10. The first kappa shape index (κ1) is 14.1. The summed E-state index contributed by atoms with van der Waals surface area (Å²) in [5, 5.41) is 12.7. The van der Waals surface area contributed by atoms with Crippen LogP contribution in [0.5, 0.6) is 0 Å². The smallest absolute Gasteiger partial charge is 0.133 e. The lowest BCUT2D eigenvalue weighted by Crippen LogP contribution is -2.21. The lowest BCUT2D eigenvalue weighted by molar-refractivity contribution is 0.199. The van der Waals surface area contributed by atoms with Gasteiger partial charge in [0.2, 0.25) is 0 Å². The third-order valence-electron chi connectivity index (χ3n) is 3.86. The van der Waals surface area contributed by atoms with Crippen molar-refractivity contribution in [2.45, 2.75) is 39.0 Å². The third-order valence-corrected chi connectivity index (χ3v) is 3.86. The number of nitrogens with one attached hydrogen (secondary N) is 1. The number of rotatable bonds is 6. The molecule has 19 heavy (non-hydrogen) atoms. The molecule has 4 N–H and O–H groups in total. The molecule has 0 saturated heterocycles. The summed E-state index contributed by atoms with van der Waals surface area (Å²) >= 11 is 0. The molecule has 0 bridgehead atoms. The summed E-state index contributed by atoms with van der Waals surface area (Å²) in [7, 11) is 0.